The van der Waals surface area contributed by atoms with Gasteiger partial charge in [0.05, 0.1) is 0 Å². The van der Waals surface area contributed by atoms with Crippen LogP contribution in [0.3, 0.4) is 0 Å². The van der Waals surface area contributed by atoms with Crippen LogP contribution in [0.15, 0.2) is 53.9 Å². The van der Waals surface area contributed by atoms with E-state index in [-0.39, 0.29) is 54.8 Å². The second-order valence-corrected chi connectivity index (χ2v) is 6.76. The molecule has 0 radical (unpaired) electrons. The first kappa shape index (κ1) is 23.6. The monoisotopic (exact) mass is 419 g/mol. The van der Waals surface area contributed by atoms with Gasteiger partial charge in [-0.25, -0.2) is 0 Å². The number of rotatable bonds is 6. The Balaban J connectivity index is 0.00000320. The van der Waals surface area contributed by atoms with E-state index >= 15 is 0 Å². The van der Waals surface area contributed by atoms with Crippen molar-refractivity contribution in [2.45, 2.75) is 19.9 Å². The molecule has 30 heavy (non-hydrogen) atoms. The number of aryl methyl sites for hydroxylation is 1. The van der Waals surface area contributed by atoms with E-state index in [0.717, 1.165) is 22.4 Å². The molecule has 0 bridgehead atoms. The maximum absolute atomic E-state index is 12.6. The third kappa shape index (κ3) is 5.69. The van der Waals surface area contributed by atoms with Crippen molar-refractivity contribution in [3.63, 3.8) is 0 Å². The molecule has 1 aliphatic heterocycles. The van der Waals surface area contributed by atoms with Crippen LogP contribution in [-0.2, 0) is 20.9 Å². The topological polar surface area (TPSA) is 120 Å². The summed E-state index contributed by atoms with van der Waals surface area (Å²) in [5.74, 6) is -3.07. The van der Waals surface area contributed by atoms with E-state index in [0.29, 0.717) is 0 Å². The molecule has 3 N–H and O–H groups in total. The minimum atomic E-state index is -1.23. The number of carboxylic acids is 1. The number of aliphatic hydroxyl groups excluding tert-OH is 1. The standard InChI is InChI=1S/C21H21N3O5.Na.H/c1-13-2-5-16(10-22-13)15-6-3-14(4-7-15)12-24-9-8-17(25)19(21(24)29)20(28)23-11-18(26)27;;/h2-7,10,25H,8-9,11-12H2,1H3,(H,23,28)(H,26,27);;. The molecule has 0 unspecified atom stereocenters. The van der Waals surface area contributed by atoms with Crippen LogP contribution in [0.1, 0.15) is 17.7 Å². The molecule has 0 fully saturated rings. The molecule has 0 atom stereocenters. The zero-order valence-corrected chi connectivity index (χ0v) is 15.9. The van der Waals surface area contributed by atoms with E-state index < -0.39 is 29.9 Å². The van der Waals surface area contributed by atoms with Crippen molar-refractivity contribution < 1.29 is 24.6 Å². The van der Waals surface area contributed by atoms with Gasteiger partial charge in [0, 0.05) is 37.0 Å². The normalized spacial score (nSPS) is 13.6. The zero-order valence-electron chi connectivity index (χ0n) is 15.9. The van der Waals surface area contributed by atoms with E-state index in [2.05, 4.69) is 10.3 Å². The fourth-order valence-electron chi connectivity index (χ4n) is 3.03. The predicted molar refractivity (Wildman–Crippen MR) is 112 cm³/mol. The molecule has 8 nitrogen and oxygen atoms in total. The van der Waals surface area contributed by atoms with Crippen molar-refractivity contribution >= 4 is 47.3 Å². The third-order valence-electron chi connectivity index (χ3n) is 4.61. The molecule has 9 heteroatoms. The Bertz CT molecular complexity index is 971. The number of benzene rings is 1. The Hall–Kier alpha value is -2.68. The molecular weight excluding hydrogens is 397 g/mol. The average Bonchev–Trinajstić information content (AvgIpc) is 2.70. The quantitative estimate of drug-likeness (QED) is 0.477. The maximum atomic E-state index is 12.6. The van der Waals surface area contributed by atoms with E-state index in [4.69, 9.17) is 5.11 Å². The molecule has 3 rings (SSSR count). The van der Waals surface area contributed by atoms with Crippen molar-refractivity contribution in [1.82, 2.24) is 15.2 Å². The molecule has 1 aliphatic rings. The fraction of sp³-hybridized carbons (Fsp3) is 0.238. The van der Waals surface area contributed by atoms with Gasteiger partial charge in [-0.05, 0) is 24.1 Å². The summed E-state index contributed by atoms with van der Waals surface area (Å²) in [6.07, 6.45) is 1.93. The number of aliphatic carboxylic acids is 1. The van der Waals surface area contributed by atoms with Gasteiger partial charge in [0.1, 0.15) is 17.9 Å². The average molecular weight is 419 g/mol. The Labute approximate surface area is 195 Å². The van der Waals surface area contributed by atoms with E-state index in [1.165, 1.54) is 4.90 Å². The van der Waals surface area contributed by atoms with Gasteiger partial charge >= 0.3 is 35.5 Å². The molecule has 2 amide bonds. The van der Waals surface area contributed by atoms with Crippen LogP contribution in [0, 0.1) is 6.92 Å². The van der Waals surface area contributed by atoms with Crippen molar-refractivity contribution in [2.75, 3.05) is 13.1 Å². The van der Waals surface area contributed by atoms with Crippen LogP contribution in [-0.4, -0.2) is 80.5 Å². The van der Waals surface area contributed by atoms with Crippen LogP contribution in [0.4, 0.5) is 0 Å². The molecule has 2 heterocycles. The summed E-state index contributed by atoms with van der Waals surface area (Å²) < 4.78 is 0. The van der Waals surface area contributed by atoms with Gasteiger partial charge < -0.3 is 20.4 Å². The number of aliphatic hydroxyl groups is 1. The number of carboxylic acid groups (broad SMARTS) is 1. The molecule has 0 spiro atoms. The summed E-state index contributed by atoms with van der Waals surface area (Å²) >= 11 is 0. The first-order valence-corrected chi connectivity index (χ1v) is 9.08. The van der Waals surface area contributed by atoms with Gasteiger partial charge in [-0.15, -0.1) is 0 Å². The molecular formula is C21H22N3NaO5. The van der Waals surface area contributed by atoms with Gasteiger partial charge in [0.2, 0.25) is 0 Å². The first-order chi connectivity index (χ1) is 13.8. The zero-order chi connectivity index (χ0) is 21.0. The predicted octanol–water partition coefficient (Wildman–Crippen LogP) is 1.15. The summed E-state index contributed by atoms with van der Waals surface area (Å²) in [7, 11) is 0. The van der Waals surface area contributed by atoms with Gasteiger partial charge in [-0.3, -0.25) is 19.4 Å². The van der Waals surface area contributed by atoms with Crippen LogP contribution < -0.4 is 5.32 Å². The molecule has 2 aromatic rings. The van der Waals surface area contributed by atoms with Crippen LogP contribution in [0.5, 0.6) is 0 Å². The summed E-state index contributed by atoms with van der Waals surface area (Å²) in [5, 5.41) is 20.7. The minimum absolute atomic E-state index is 0. The third-order valence-corrected chi connectivity index (χ3v) is 4.61. The Morgan fingerprint density at radius 2 is 1.80 bits per heavy atom. The number of aromatic nitrogens is 1. The number of hydrogen-bond acceptors (Lipinski definition) is 5. The summed E-state index contributed by atoms with van der Waals surface area (Å²) in [5.41, 5.74) is 3.39. The van der Waals surface area contributed by atoms with Crippen LogP contribution >= 0.6 is 0 Å². The van der Waals surface area contributed by atoms with E-state index in [9.17, 15) is 19.5 Å². The van der Waals surface area contributed by atoms with Crippen LogP contribution in [0.2, 0.25) is 0 Å². The number of hydrogen-bond donors (Lipinski definition) is 3. The van der Waals surface area contributed by atoms with E-state index in [1.54, 1.807) is 6.20 Å². The van der Waals surface area contributed by atoms with Crippen molar-refractivity contribution in [3.05, 3.63) is 65.2 Å². The first-order valence-electron chi connectivity index (χ1n) is 9.08. The number of nitrogens with zero attached hydrogens (tertiary/aromatic N) is 2. The second-order valence-electron chi connectivity index (χ2n) is 6.76. The number of carbonyl (C=O) groups is 3. The molecule has 1 aromatic carbocycles. The van der Waals surface area contributed by atoms with Crippen LogP contribution in [0.25, 0.3) is 11.1 Å². The van der Waals surface area contributed by atoms with Gasteiger partial charge in [0.25, 0.3) is 11.8 Å². The molecule has 0 saturated heterocycles. The summed E-state index contributed by atoms with van der Waals surface area (Å²) in [6.45, 7) is 1.83. The van der Waals surface area contributed by atoms with Crippen molar-refractivity contribution in [2.24, 2.45) is 0 Å². The van der Waals surface area contributed by atoms with Gasteiger partial charge in [-0.1, -0.05) is 30.3 Å². The summed E-state index contributed by atoms with van der Waals surface area (Å²) in [6, 6.07) is 11.6. The SMILES string of the molecule is Cc1ccc(-c2ccc(CN3CCC(O)=C(C(=O)NCC(=O)O)C3=O)cc2)cn1.[NaH]. The van der Waals surface area contributed by atoms with Gasteiger partial charge in [-0.2, -0.15) is 0 Å². The summed E-state index contributed by atoms with van der Waals surface area (Å²) in [4.78, 5) is 41.1. The Kier molecular flexibility index (Phi) is 8.16. The van der Waals surface area contributed by atoms with Crippen molar-refractivity contribution in [3.8, 4) is 11.1 Å². The molecule has 152 valence electrons. The van der Waals surface area contributed by atoms with E-state index in [1.807, 2.05) is 43.3 Å². The number of amides is 2. The molecule has 0 aliphatic carbocycles. The number of carbonyl (C=O) groups excluding carboxylic acids is 2. The molecule has 0 saturated carbocycles. The fourth-order valence-corrected chi connectivity index (χ4v) is 3.03. The number of nitrogens with one attached hydrogen (secondary N) is 1. The van der Waals surface area contributed by atoms with Gasteiger partial charge in [0.15, 0.2) is 0 Å². The molecule has 1 aromatic heterocycles. The van der Waals surface area contributed by atoms with Crippen molar-refractivity contribution in [1.29, 1.82) is 0 Å². The Morgan fingerprint density at radius 1 is 1.13 bits per heavy atom. The number of pyridine rings is 1. The Morgan fingerprint density at radius 3 is 2.40 bits per heavy atom. The second kappa shape index (κ2) is 10.4.